The zero-order valence-corrected chi connectivity index (χ0v) is 18.2. The Balaban J connectivity index is 1.54. The average Bonchev–Trinajstić information content (AvgIpc) is 2.73. The number of ether oxygens (including phenoxy) is 1. The molecule has 0 aliphatic heterocycles. The van der Waals surface area contributed by atoms with Crippen LogP contribution in [0.4, 0.5) is 0 Å². The van der Waals surface area contributed by atoms with Crippen molar-refractivity contribution in [3.8, 4) is 5.75 Å². The van der Waals surface area contributed by atoms with E-state index in [9.17, 15) is 13.2 Å². The van der Waals surface area contributed by atoms with Gasteiger partial charge in [-0.25, -0.2) is 8.42 Å². The molecule has 3 rings (SSSR count). The van der Waals surface area contributed by atoms with Crippen molar-refractivity contribution in [1.29, 1.82) is 0 Å². The number of hydrogen-bond acceptors (Lipinski definition) is 4. The highest BCUT2D eigenvalue weighted by Crippen LogP contribution is 2.21. The molecule has 0 atom stereocenters. The van der Waals surface area contributed by atoms with E-state index in [-0.39, 0.29) is 23.9 Å². The number of nitrogens with one attached hydrogen (secondary N) is 1. The molecule has 0 spiro atoms. The molecule has 0 radical (unpaired) electrons. The maximum Gasteiger partial charge on any atom is 0.243 e. The Bertz CT molecular complexity index is 1160. The fourth-order valence-electron chi connectivity index (χ4n) is 3.07. The Morgan fingerprint density at radius 1 is 1.00 bits per heavy atom. The predicted octanol–water partition coefficient (Wildman–Crippen LogP) is 3.27. The molecule has 0 bridgehead atoms. The second-order valence-electron chi connectivity index (χ2n) is 7.24. The number of nitrogens with zero attached hydrogens (tertiary/aromatic N) is 1. The average molecular weight is 427 g/mol. The Labute approximate surface area is 177 Å². The molecule has 0 saturated carbocycles. The summed E-state index contributed by atoms with van der Waals surface area (Å²) in [6.07, 6.45) is 0. The van der Waals surface area contributed by atoms with E-state index in [1.807, 2.05) is 56.3 Å². The van der Waals surface area contributed by atoms with Crippen LogP contribution in [0.5, 0.6) is 5.75 Å². The van der Waals surface area contributed by atoms with Crippen LogP contribution in [-0.2, 0) is 14.8 Å². The number of aryl methyl sites for hydroxylation is 2. The number of hydrogen-bond donors (Lipinski definition) is 1. The van der Waals surface area contributed by atoms with Gasteiger partial charge >= 0.3 is 0 Å². The molecule has 0 saturated heterocycles. The van der Waals surface area contributed by atoms with Gasteiger partial charge in [-0.1, -0.05) is 42.5 Å². The standard InChI is InChI=1S/C23H26N2O4S/c1-17-8-9-18(2)22(14-17)29-13-12-24-23(26)16-25(3)30(27,28)21-11-10-19-6-4-5-7-20(19)15-21/h4-11,14-15H,12-13,16H2,1-3H3,(H,24,26). The van der Waals surface area contributed by atoms with Gasteiger partial charge in [-0.2, -0.15) is 4.31 Å². The lowest BCUT2D eigenvalue weighted by atomic mass is 10.1. The van der Waals surface area contributed by atoms with Gasteiger partial charge in [-0.15, -0.1) is 0 Å². The minimum atomic E-state index is -3.77. The van der Waals surface area contributed by atoms with Crippen molar-refractivity contribution in [1.82, 2.24) is 9.62 Å². The van der Waals surface area contributed by atoms with Crippen molar-refractivity contribution in [3.63, 3.8) is 0 Å². The van der Waals surface area contributed by atoms with Crippen LogP contribution in [0, 0.1) is 13.8 Å². The van der Waals surface area contributed by atoms with Crippen molar-refractivity contribution in [3.05, 3.63) is 71.8 Å². The van der Waals surface area contributed by atoms with Gasteiger partial charge in [0.1, 0.15) is 12.4 Å². The summed E-state index contributed by atoms with van der Waals surface area (Å²) in [7, 11) is -2.37. The second-order valence-corrected chi connectivity index (χ2v) is 9.28. The van der Waals surface area contributed by atoms with Crippen LogP contribution in [0.15, 0.2) is 65.6 Å². The fraction of sp³-hybridized carbons (Fsp3) is 0.261. The summed E-state index contributed by atoms with van der Waals surface area (Å²) in [6.45, 7) is 4.27. The normalized spacial score (nSPS) is 11.6. The molecule has 0 aliphatic rings. The predicted molar refractivity (Wildman–Crippen MR) is 118 cm³/mol. The molecule has 3 aromatic rings. The molecule has 1 amide bonds. The highest BCUT2D eigenvalue weighted by Gasteiger charge is 2.23. The minimum absolute atomic E-state index is 0.162. The van der Waals surface area contributed by atoms with Crippen molar-refractivity contribution in [2.24, 2.45) is 0 Å². The van der Waals surface area contributed by atoms with E-state index < -0.39 is 10.0 Å². The number of benzene rings is 3. The Morgan fingerprint density at radius 2 is 1.73 bits per heavy atom. The number of fused-ring (bicyclic) bond motifs is 1. The first-order valence-electron chi connectivity index (χ1n) is 9.69. The van der Waals surface area contributed by atoms with Gasteiger partial charge in [0.15, 0.2) is 0 Å². The van der Waals surface area contributed by atoms with E-state index in [1.54, 1.807) is 18.2 Å². The van der Waals surface area contributed by atoms with Crippen LogP contribution >= 0.6 is 0 Å². The van der Waals surface area contributed by atoms with Crippen LogP contribution in [0.25, 0.3) is 10.8 Å². The lowest BCUT2D eigenvalue weighted by Crippen LogP contribution is -2.39. The van der Waals surface area contributed by atoms with Crippen molar-refractivity contribution in [2.45, 2.75) is 18.7 Å². The Hall–Kier alpha value is -2.90. The molecule has 0 heterocycles. The molecule has 0 fully saturated rings. The largest absolute Gasteiger partial charge is 0.491 e. The van der Waals surface area contributed by atoms with Gasteiger partial charge in [0.05, 0.1) is 18.0 Å². The molecule has 3 aromatic carbocycles. The summed E-state index contributed by atoms with van der Waals surface area (Å²) in [5, 5.41) is 4.49. The van der Waals surface area contributed by atoms with E-state index in [4.69, 9.17) is 4.74 Å². The highest BCUT2D eigenvalue weighted by atomic mass is 32.2. The number of carbonyl (C=O) groups excluding carboxylic acids is 1. The van der Waals surface area contributed by atoms with Crippen LogP contribution in [0.2, 0.25) is 0 Å². The van der Waals surface area contributed by atoms with Gasteiger partial charge in [-0.3, -0.25) is 4.79 Å². The first-order chi connectivity index (χ1) is 14.3. The van der Waals surface area contributed by atoms with E-state index in [0.717, 1.165) is 32.0 Å². The molecule has 158 valence electrons. The van der Waals surface area contributed by atoms with Gasteiger partial charge in [0, 0.05) is 7.05 Å². The minimum Gasteiger partial charge on any atom is -0.491 e. The van der Waals surface area contributed by atoms with Crippen molar-refractivity contribution >= 4 is 26.7 Å². The maximum atomic E-state index is 12.8. The summed E-state index contributed by atoms with van der Waals surface area (Å²) in [6, 6.07) is 18.4. The third-order valence-electron chi connectivity index (χ3n) is 4.82. The van der Waals surface area contributed by atoms with Gasteiger partial charge in [0.2, 0.25) is 15.9 Å². The number of sulfonamides is 1. The summed E-state index contributed by atoms with van der Waals surface area (Å²) in [5.41, 5.74) is 2.12. The van der Waals surface area contributed by atoms with Crippen LogP contribution in [0.1, 0.15) is 11.1 Å². The molecule has 0 aliphatic carbocycles. The molecule has 30 heavy (non-hydrogen) atoms. The number of rotatable bonds is 8. The number of likely N-dealkylation sites (N-methyl/N-ethyl adjacent to an activating group) is 1. The monoisotopic (exact) mass is 426 g/mol. The SMILES string of the molecule is Cc1ccc(C)c(OCCNC(=O)CN(C)S(=O)(=O)c2ccc3ccccc3c2)c1. The molecular weight excluding hydrogens is 400 g/mol. The zero-order valence-electron chi connectivity index (χ0n) is 17.4. The lowest BCUT2D eigenvalue weighted by Gasteiger charge is -2.17. The van der Waals surface area contributed by atoms with E-state index in [1.165, 1.54) is 7.05 Å². The molecule has 6 nitrogen and oxygen atoms in total. The number of amides is 1. The van der Waals surface area contributed by atoms with Crippen molar-refractivity contribution in [2.75, 3.05) is 26.7 Å². The molecule has 7 heteroatoms. The van der Waals surface area contributed by atoms with E-state index in [2.05, 4.69) is 5.32 Å². The zero-order chi connectivity index (χ0) is 21.7. The third-order valence-corrected chi connectivity index (χ3v) is 6.62. The van der Waals surface area contributed by atoms with Crippen LogP contribution < -0.4 is 10.1 Å². The van der Waals surface area contributed by atoms with Gasteiger partial charge in [0.25, 0.3) is 0 Å². The summed E-state index contributed by atoms with van der Waals surface area (Å²) < 4.78 is 32.4. The highest BCUT2D eigenvalue weighted by molar-refractivity contribution is 7.89. The first-order valence-corrected chi connectivity index (χ1v) is 11.1. The molecule has 0 unspecified atom stereocenters. The lowest BCUT2D eigenvalue weighted by molar-refractivity contribution is -0.121. The summed E-state index contributed by atoms with van der Waals surface area (Å²) in [4.78, 5) is 12.4. The molecular formula is C23H26N2O4S. The summed E-state index contributed by atoms with van der Waals surface area (Å²) in [5.74, 6) is 0.395. The Morgan fingerprint density at radius 3 is 2.50 bits per heavy atom. The summed E-state index contributed by atoms with van der Waals surface area (Å²) >= 11 is 0. The number of carbonyl (C=O) groups is 1. The topological polar surface area (TPSA) is 75.7 Å². The van der Waals surface area contributed by atoms with Crippen LogP contribution in [-0.4, -0.2) is 45.4 Å². The van der Waals surface area contributed by atoms with Crippen molar-refractivity contribution < 1.29 is 17.9 Å². The van der Waals surface area contributed by atoms with Gasteiger partial charge < -0.3 is 10.1 Å². The van der Waals surface area contributed by atoms with Crippen LogP contribution in [0.3, 0.4) is 0 Å². The smallest absolute Gasteiger partial charge is 0.243 e. The third kappa shape index (κ3) is 5.17. The van der Waals surface area contributed by atoms with E-state index >= 15 is 0 Å². The first kappa shape index (κ1) is 21.8. The fourth-order valence-corrected chi connectivity index (χ4v) is 4.23. The molecule has 0 aromatic heterocycles. The quantitative estimate of drug-likeness (QED) is 0.561. The Kier molecular flexibility index (Phi) is 6.74. The molecule has 1 N–H and O–H groups in total. The van der Waals surface area contributed by atoms with E-state index in [0.29, 0.717) is 6.61 Å². The maximum absolute atomic E-state index is 12.8. The van der Waals surface area contributed by atoms with Gasteiger partial charge in [-0.05, 0) is 53.9 Å². The second kappa shape index (κ2) is 9.28.